The quantitative estimate of drug-likeness (QED) is 0.200. The van der Waals surface area contributed by atoms with Crippen LogP contribution in [0.2, 0.25) is 0 Å². The first kappa shape index (κ1) is 14.9. The van der Waals surface area contributed by atoms with E-state index in [0.29, 0.717) is 6.61 Å². The van der Waals surface area contributed by atoms with E-state index in [1.165, 1.54) is 0 Å². The van der Waals surface area contributed by atoms with Gasteiger partial charge in [-0.3, -0.25) is 4.18 Å². The molecule has 0 spiro atoms. The molecule has 0 N–H and O–H groups in total. The Labute approximate surface area is 88.5 Å². The zero-order valence-corrected chi connectivity index (χ0v) is 8.13. The predicted octanol–water partition coefficient (Wildman–Crippen LogP) is -2.50. The van der Waals surface area contributed by atoms with Crippen molar-refractivity contribution in [3.63, 3.8) is 0 Å². The third-order valence-corrected chi connectivity index (χ3v) is 1.32. The SMILES string of the molecule is C=CCOCC(C)OS(=O)[O-].[H-].[Li+]. The van der Waals surface area contributed by atoms with Crippen LogP contribution in [0.5, 0.6) is 0 Å². The van der Waals surface area contributed by atoms with Crippen LogP contribution in [0.4, 0.5) is 0 Å². The molecule has 0 bridgehead atoms. The van der Waals surface area contributed by atoms with Crippen LogP contribution < -0.4 is 18.9 Å². The van der Waals surface area contributed by atoms with Gasteiger partial charge in [0.25, 0.3) is 0 Å². The molecule has 0 amide bonds. The molecule has 0 aliphatic rings. The second-order valence-corrected chi connectivity index (χ2v) is 2.54. The van der Waals surface area contributed by atoms with Gasteiger partial charge in [0.15, 0.2) is 0 Å². The Morgan fingerprint density at radius 1 is 1.83 bits per heavy atom. The Kier molecular flexibility index (Phi) is 11.7. The average Bonchev–Trinajstić information content (AvgIpc) is 1.86. The van der Waals surface area contributed by atoms with E-state index < -0.39 is 17.5 Å². The van der Waals surface area contributed by atoms with Crippen molar-refractivity contribution in [1.29, 1.82) is 0 Å². The van der Waals surface area contributed by atoms with Crippen molar-refractivity contribution < 1.29 is 38.0 Å². The second-order valence-electron chi connectivity index (χ2n) is 1.94. The molecule has 12 heavy (non-hydrogen) atoms. The molecular formula is C6H12LiO4S-. The fraction of sp³-hybridized carbons (Fsp3) is 0.667. The van der Waals surface area contributed by atoms with Crippen molar-refractivity contribution in [3.05, 3.63) is 12.7 Å². The summed E-state index contributed by atoms with van der Waals surface area (Å²) in [5.41, 5.74) is 0. The van der Waals surface area contributed by atoms with Crippen LogP contribution in [0.3, 0.4) is 0 Å². The van der Waals surface area contributed by atoms with Crippen LogP contribution in [0.25, 0.3) is 0 Å². The molecule has 0 saturated heterocycles. The van der Waals surface area contributed by atoms with Crippen molar-refractivity contribution in [2.75, 3.05) is 13.2 Å². The average molecular weight is 187 g/mol. The van der Waals surface area contributed by atoms with Gasteiger partial charge in [0.05, 0.1) is 30.7 Å². The summed E-state index contributed by atoms with van der Waals surface area (Å²) in [6.45, 7) is 5.69. The minimum absolute atomic E-state index is 0. The first-order valence-corrected chi connectivity index (χ1v) is 4.12. The van der Waals surface area contributed by atoms with Gasteiger partial charge in [-0.25, -0.2) is 4.21 Å². The van der Waals surface area contributed by atoms with Crippen LogP contribution in [0, 0.1) is 0 Å². The Balaban J connectivity index is -0.000000500. The van der Waals surface area contributed by atoms with E-state index in [9.17, 15) is 8.76 Å². The first-order chi connectivity index (χ1) is 5.16. The van der Waals surface area contributed by atoms with Crippen molar-refractivity contribution >= 4 is 11.4 Å². The van der Waals surface area contributed by atoms with E-state index in [0.717, 1.165) is 0 Å². The maximum absolute atomic E-state index is 9.94. The summed E-state index contributed by atoms with van der Waals surface area (Å²) in [5.74, 6) is 0. The molecule has 0 rings (SSSR count). The Bertz CT molecular complexity index is 147. The Morgan fingerprint density at radius 3 is 2.83 bits per heavy atom. The van der Waals surface area contributed by atoms with E-state index >= 15 is 0 Å². The van der Waals surface area contributed by atoms with Crippen LogP contribution in [0.15, 0.2) is 12.7 Å². The van der Waals surface area contributed by atoms with E-state index in [2.05, 4.69) is 10.8 Å². The molecule has 0 aromatic heterocycles. The molecule has 0 aliphatic carbocycles. The van der Waals surface area contributed by atoms with E-state index in [-0.39, 0.29) is 26.9 Å². The molecule has 0 saturated carbocycles. The van der Waals surface area contributed by atoms with Gasteiger partial charge >= 0.3 is 18.9 Å². The van der Waals surface area contributed by atoms with Gasteiger partial charge in [0.2, 0.25) is 0 Å². The Morgan fingerprint density at radius 2 is 2.42 bits per heavy atom. The van der Waals surface area contributed by atoms with Crippen molar-refractivity contribution in [1.82, 2.24) is 0 Å². The fourth-order valence-electron chi connectivity index (χ4n) is 0.479. The van der Waals surface area contributed by atoms with Crippen molar-refractivity contribution in [3.8, 4) is 0 Å². The van der Waals surface area contributed by atoms with E-state index in [1.54, 1.807) is 13.0 Å². The predicted molar refractivity (Wildman–Crippen MR) is 41.6 cm³/mol. The standard InChI is InChI=1S/C6H12O4S.Li.H/c1-3-4-9-5-6(2)10-11(7)8;;/h3,6H,1,4-5H2,2H3,(H,7,8);;/q;+1;-1/p-1. The van der Waals surface area contributed by atoms with E-state index in [4.69, 9.17) is 4.74 Å². The smallest absolute Gasteiger partial charge is 1.00 e. The summed E-state index contributed by atoms with van der Waals surface area (Å²) in [6, 6.07) is 0. The minimum Gasteiger partial charge on any atom is -1.00 e. The third-order valence-electron chi connectivity index (χ3n) is 0.831. The molecule has 0 radical (unpaired) electrons. The van der Waals surface area contributed by atoms with Gasteiger partial charge in [0, 0.05) is 0 Å². The molecular weight excluding hydrogens is 175 g/mol. The van der Waals surface area contributed by atoms with Gasteiger partial charge in [-0.05, 0) is 6.92 Å². The van der Waals surface area contributed by atoms with Gasteiger partial charge in [-0.15, -0.1) is 6.58 Å². The number of ether oxygens (including phenoxy) is 1. The summed E-state index contributed by atoms with van der Waals surface area (Å²) in [7, 11) is 0. The summed E-state index contributed by atoms with van der Waals surface area (Å²) < 4.78 is 29.2. The fourth-order valence-corrected chi connectivity index (χ4v) is 0.803. The summed E-state index contributed by atoms with van der Waals surface area (Å²) in [6.07, 6.45) is 1.15. The van der Waals surface area contributed by atoms with Crippen molar-refractivity contribution in [2.45, 2.75) is 13.0 Å². The van der Waals surface area contributed by atoms with Gasteiger partial charge in [-0.2, -0.15) is 0 Å². The van der Waals surface area contributed by atoms with Gasteiger partial charge in [-0.1, -0.05) is 6.08 Å². The Hall–Kier alpha value is 0.367. The largest absolute Gasteiger partial charge is 1.00 e. The molecule has 0 fully saturated rings. The van der Waals surface area contributed by atoms with Gasteiger partial charge < -0.3 is 10.7 Å². The van der Waals surface area contributed by atoms with Gasteiger partial charge in [0.1, 0.15) is 0 Å². The van der Waals surface area contributed by atoms with Crippen LogP contribution in [-0.2, 0) is 20.3 Å². The summed E-state index contributed by atoms with van der Waals surface area (Å²) in [5, 5.41) is 0. The molecule has 0 aliphatic heterocycles. The molecule has 2 atom stereocenters. The number of hydrogen-bond donors (Lipinski definition) is 0. The monoisotopic (exact) mass is 187 g/mol. The minimum atomic E-state index is -2.46. The number of rotatable bonds is 6. The molecule has 0 heterocycles. The zero-order valence-electron chi connectivity index (χ0n) is 8.32. The maximum Gasteiger partial charge on any atom is 1.00 e. The molecule has 6 heteroatoms. The normalized spacial score (nSPS) is 14.5. The summed E-state index contributed by atoms with van der Waals surface area (Å²) >= 11 is -2.46. The molecule has 0 aromatic rings. The third kappa shape index (κ3) is 10.4. The first-order valence-electron chi connectivity index (χ1n) is 3.12. The topological polar surface area (TPSA) is 58.6 Å². The molecule has 68 valence electrons. The maximum atomic E-state index is 9.94. The van der Waals surface area contributed by atoms with Crippen molar-refractivity contribution in [2.24, 2.45) is 0 Å². The zero-order chi connectivity index (χ0) is 8.69. The van der Waals surface area contributed by atoms with Crippen LogP contribution in [-0.4, -0.2) is 28.1 Å². The van der Waals surface area contributed by atoms with Crippen LogP contribution >= 0.6 is 0 Å². The summed E-state index contributed by atoms with van der Waals surface area (Å²) in [4.78, 5) is 0. The second kappa shape index (κ2) is 9.46. The molecule has 2 unspecified atom stereocenters. The molecule has 4 nitrogen and oxygen atoms in total. The van der Waals surface area contributed by atoms with E-state index in [1.807, 2.05) is 0 Å². The number of hydrogen-bond acceptors (Lipinski definition) is 4. The van der Waals surface area contributed by atoms with Crippen LogP contribution in [0.1, 0.15) is 8.35 Å². The molecule has 0 aromatic carbocycles.